The maximum Gasteiger partial charge on any atom is 0.191 e. The number of anilines is 1. The Morgan fingerprint density at radius 2 is 1.90 bits per heavy atom. The van der Waals surface area contributed by atoms with Gasteiger partial charge in [-0.25, -0.2) is 4.98 Å². The van der Waals surface area contributed by atoms with Gasteiger partial charge in [0.15, 0.2) is 5.89 Å². The summed E-state index contributed by atoms with van der Waals surface area (Å²) in [5.74, 6) is 2.25. The first-order valence-electron chi connectivity index (χ1n) is 7.92. The standard InChI is InChI=1S/C18H24N2O/c1-12-5-4-6-17(13(12)2)20-16-9-7-15(8-10-16)18-11-21-14(3)19-18/h7-13,17,20H,4-6H2,1-3H3. The van der Waals surface area contributed by atoms with Gasteiger partial charge in [-0.2, -0.15) is 0 Å². The highest BCUT2D eigenvalue weighted by Crippen LogP contribution is 2.32. The van der Waals surface area contributed by atoms with E-state index in [1.807, 2.05) is 6.92 Å². The van der Waals surface area contributed by atoms with E-state index in [4.69, 9.17) is 4.42 Å². The van der Waals surface area contributed by atoms with Crippen molar-refractivity contribution < 1.29 is 4.42 Å². The monoisotopic (exact) mass is 284 g/mol. The molecule has 1 saturated carbocycles. The van der Waals surface area contributed by atoms with Crippen LogP contribution in [-0.4, -0.2) is 11.0 Å². The van der Waals surface area contributed by atoms with Gasteiger partial charge >= 0.3 is 0 Å². The number of aromatic nitrogens is 1. The highest BCUT2D eigenvalue weighted by Gasteiger charge is 2.26. The van der Waals surface area contributed by atoms with Crippen LogP contribution in [0.2, 0.25) is 0 Å². The molecule has 1 aromatic heterocycles. The second kappa shape index (κ2) is 5.92. The van der Waals surface area contributed by atoms with Crippen LogP contribution in [0.15, 0.2) is 34.9 Å². The van der Waals surface area contributed by atoms with Gasteiger partial charge in [-0.1, -0.05) is 38.8 Å². The molecule has 3 unspecified atom stereocenters. The number of aryl methyl sites for hydroxylation is 1. The molecule has 0 bridgehead atoms. The molecule has 1 aliphatic rings. The molecule has 21 heavy (non-hydrogen) atoms. The van der Waals surface area contributed by atoms with Crippen LogP contribution < -0.4 is 5.32 Å². The van der Waals surface area contributed by atoms with Gasteiger partial charge in [-0.15, -0.1) is 0 Å². The van der Waals surface area contributed by atoms with E-state index in [2.05, 4.69) is 48.4 Å². The van der Waals surface area contributed by atoms with E-state index in [1.165, 1.54) is 24.9 Å². The lowest BCUT2D eigenvalue weighted by Gasteiger charge is -2.35. The normalized spacial score (nSPS) is 25.8. The van der Waals surface area contributed by atoms with E-state index in [0.717, 1.165) is 23.1 Å². The van der Waals surface area contributed by atoms with Crippen molar-refractivity contribution in [1.82, 2.24) is 4.98 Å². The van der Waals surface area contributed by atoms with Crippen LogP contribution in [0.3, 0.4) is 0 Å². The molecular formula is C18H24N2O. The summed E-state index contributed by atoms with van der Waals surface area (Å²) in [5.41, 5.74) is 3.20. The van der Waals surface area contributed by atoms with E-state index in [1.54, 1.807) is 6.26 Å². The van der Waals surface area contributed by atoms with Crippen molar-refractivity contribution in [2.24, 2.45) is 11.8 Å². The van der Waals surface area contributed by atoms with Gasteiger partial charge in [0.2, 0.25) is 0 Å². The van der Waals surface area contributed by atoms with Gasteiger partial charge in [0, 0.05) is 24.2 Å². The Kier molecular flexibility index (Phi) is 4.00. The van der Waals surface area contributed by atoms with Crippen molar-refractivity contribution in [1.29, 1.82) is 0 Å². The molecule has 2 aromatic rings. The molecule has 3 atom stereocenters. The maximum absolute atomic E-state index is 5.27. The van der Waals surface area contributed by atoms with Crippen LogP contribution in [0.5, 0.6) is 0 Å². The summed E-state index contributed by atoms with van der Waals surface area (Å²) in [6, 6.07) is 9.10. The number of hydrogen-bond donors (Lipinski definition) is 1. The molecule has 112 valence electrons. The lowest BCUT2D eigenvalue weighted by Crippen LogP contribution is -2.34. The van der Waals surface area contributed by atoms with Crippen molar-refractivity contribution >= 4 is 5.69 Å². The third kappa shape index (κ3) is 3.12. The Morgan fingerprint density at radius 3 is 2.57 bits per heavy atom. The molecule has 1 aliphatic carbocycles. The van der Waals surface area contributed by atoms with Crippen molar-refractivity contribution in [3.05, 3.63) is 36.4 Å². The lowest BCUT2D eigenvalue weighted by molar-refractivity contribution is 0.253. The fraction of sp³-hybridized carbons (Fsp3) is 0.500. The second-order valence-corrected chi connectivity index (χ2v) is 6.35. The summed E-state index contributed by atoms with van der Waals surface area (Å²) in [7, 11) is 0. The first-order chi connectivity index (χ1) is 10.1. The number of benzene rings is 1. The van der Waals surface area contributed by atoms with E-state index in [-0.39, 0.29) is 0 Å². The van der Waals surface area contributed by atoms with Crippen LogP contribution in [0.25, 0.3) is 11.3 Å². The molecule has 3 nitrogen and oxygen atoms in total. The van der Waals surface area contributed by atoms with E-state index >= 15 is 0 Å². The van der Waals surface area contributed by atoms with Gasteiger partial charge < -0.3 is 9.73 Å². The predicted molar refractivity (Wildman–Crippen MR) is 86.3 cm³/mol. The average molecular weight is 284 g/mol. The summed E-state index contributed by atoms with van der Waals surface area (Å²) < 4.78 is 5.27. The highest BCUT2D eigenvalue weighted by molar-refractivity contribution is 5.62. The van der Waals surface area contributed by atoms with Gasteiger partial charge in [0.25, 0.3) is 0 Å². The van der Waals surface area contributed by atoms with Crippen LogP contribution >= 0.6 is 0 Å². The smallest absolute Gasteiger partial charge is 0.191 e. The molecule has 3 heteroatoms. The van der Waals surface area contributed by atoms with E-state index in [0.29, 0.717) is 11.9 Å². The number of oxazole rings is 1. The largest absolute Gasteiger partial charge is 0.449 e. The molecule has 0 radical (unpaired) electrons. The zero-order valence-corrected chi connectivity index (χ0v) is 13.1. The molecule has 1 aromatic carbocycles. The minimum absolute atomic E-state index is 0.592. The van der Waals surface area contributed by atoms with Crippen molar-refractivity contribution in [2.45, 2.75) is 46.1 Å². The summed E-state index contributed by atoms with van der Waals surface area (Å²) in [6.45, 7) is 6.60. The Bertz CT molecular complexity index is 588. The molecule has 1 fully saturated rings. The summed E-state index contributed by atoms with van der Waals surface area (Å²) in [4.78, 5) is 4.36. The molecular weight excluding hydrogens is 260 g/mol. The van der Waals surface area contributed by atoms with Gasteiger partial charge in [0.05, 0.1) is 0 Å². The summed E-state index contributed by atoms with van der Waals surface area (Å²) >= 11 is 0. The van der Waals surface area contributed by atoms with Crippen molar-refractivity contribution in [2.75, 3.05) is 5.32 Å². The molecule has 3 rings (SSSR count). The Morgan fingerprint density at radius 1 is 1.14 bits per heavy atom. The molecule has 0 amide bonds. The first-order valence-corrected chi connectivity index (χ1v) is 7.92. The topological polar surface area (TPSA) is 38.1 Å². The fourth-order valence-corrected chi connectivity index (χ4v) is 3.23. The zero-order chi connectivity index (χ0) is 14.8. The zero-order valence-electron chi connectivity index (χ0n) is 13.1. The van der Waals surface area contributed by atoms with Gasteiger partial charge in [-0.3, -0.25) is 0 Å². The Hall–Kier alpha value is -1.77. The van der Waals surface area contributed by atoms with Crippen LogP contribution in [0.1, 0.15) is 39.0 Å². The predicted octanol–water partition coefficient (Wildman–Crippen LogP) is 4.89. The minimum atomic E-state index is 0.592. The van der Waals surface area contributed by atoms with Gasteiger partial charge in [-0.05, 0) is 30.4 Å². The number of rotatable bonds is 3. The molecule has 0 aliphatic heterocycles. The lowest BCUT2D eigenvalue weighted by atomic mass is 9.78. The third-order valence-electron chi connectivity index (χ3n) is 4.86. The van der Waals surface area contributed by atoms with Crippen LogP contribution in [-0.2, 0) is 0 Å². The number of nitrogens with one attached hydrogen (secondary N) is 1. The van der Waals surface area contributed by atoms with Crippen molar-refractivity contribution in [3.8, 4) is 11.3 Å². The number of hydrogen-bond acceptors (Lipinski definition) is 3. The summed E-state index contributed by atoms with van der Waals surface area (Å²) in [6.07, 6.45) is 5.68. The Balaban J connectivity index is 1.69. The second-order valence-electron chi connectivity index (χ2n) is 6.35. The summed E-state index contributed by atoms with van der Waals surface area (Å²) in [5, 5.41) is 3.70. The fourth-order valence-electron chi connectivity index (χ4n) is 3.23. The third-order valence-corrected chi connectivity index (χ3v) is 4.86. The van der Waals surface area contributed by atoms with Gasteiger partial charge in [0.1, 0.15) is 12.0 Å². The van der Waals surface area contributed by atoms with Crippen LogP contribution in [0, 0.1) is 18.8 Å². The highest BCUT2D eigenvalue weighted by atomic mass is 16.3. The van der Waals surface area contributed by atoms with Crippen molar-refractivity contribution in [3.63, 3.8) is 0 Å². The Labute approximate surface area is 126 Å². The molecule has 0 spiro atoms. The molecule has 0 saturated heterocycles. The number of nitrogens with zero attached hydrogens (tertiary/aromatic N) is 1. The first kappa shape index (κ1) is 14.2. The molecule has 1 heterocycles. The van der Waals surface area contributed by atoms with E-state index < -0.39 is 0 Å². The maximum atomic E-state index is 5.27. The molecule has 1 N–H and O–H groups in total. The average Bonchev–Trinajstić information content (AvgIpc) is 2.91. The van der Waals surface area contributed by atoms with E-state index in [9.17, 15) is 0 Å². The SMILES string of the molecule is Cc1nc(-c2ccc(NC3CCCC(C)C3C)cc2)co1. The minimum Gasteiger partial charge on any atom is -0.449 e. The quantitative estimate of drug-likeness (QED) is 0.872. The van der Waals surface area contributed by atoms with Crippen LogP contribution in [0.4, 0.5) is 5.69 Å².